The van der Waals surface area contributed by atoms with Gasteiger partial charge in [0.05, 0.1) is 11.6 Å². The molecule has 2 aromatic rings. The first-order valence-electron chi connectivity index (χ1n) is 15.7. The van der Waals surface area contributed by atoms with E-state index < -0.39 is 58.0 Å². The zero-order valence-electron chi connectivity index (χ0n) is 25.9. The summed E-state index contributed by atoms with van der Waals surface area (Å²) in [5, 5.41) is 45.4. The molecule has 0 aliphatic heterocycles. The van der Waals surface area contributed by atoms with Gasteiger partial charge in [-0.3, -0.25) is 24.2 Å². The van der Waals surface area contributed by atoms with Crippen molar-refractivity contribution >= 4 is 23.2 Å². The van der Waals surface area contributed by atoms with E-state index in [-0.39, 0.29) is 29.7 Å². The highest BCUT2D eigenvalue weighted by molar-refractivity contribution is 6.24. The Kier molecular flexibility index (Phi) is 7.87. The quantitative estimate of drug-likeness (QED) is 0.266. The summed E-state index contributed by atoms with van der Waals surface area (Å²) in [4.78, 5) is 43.7. The lowest BCUT2D eigenvalue weighted by molar-refractivity contribution is -0.153. The molecule has 0 radical (unpaired) electrons. The fourth-order valence-corrected chi connectivity index (χ4v) is 7.83. The molecule has 2 aromatic carbocycles. The van der Waals surface area contributed by atoms with Crippen molar-refractivity contribution in [2.75, 3.05) is 27.2 Å². The first-order valence-corrected chi connectivity index (χ1v) is 15.7. The van der Waals surface area contributed by atoms with E-state index in [1.54, 1.807) is 20.2 Å². The molecule has 4 atom stereocenters. The molecule has 0 bridgehead atoms. The maximum atomic E-state index is 14.1. The summed E-state index contributed by atoms with van der Waals surface area (Å²) >= 11 is 0. The highest BCUT2D eigenvalue weighted by Gasteiger charge is 2.64. The molecular weight excluding hydrogens is 574 g/mol. The van der Waals surface area contributed by atoms with Crippen LogP contribution in [-0.4, -0.2) is 86.5 Å². The SMILES string of the molecule is CCCN(Cc1cccc(-c2ccc(O)c3c2C[C@H]2C[C@H]4[C@H](N(C)C)C(=O)C(C(N)=O)=C(O)[C@@]4(O)C(=O)C2=C3O)c1)CC1CC1. The maximum absolute atomic E-state index is 14.1. The van der Waals surface area contributed by atoms with Gasteiger partial charge in [0, 0.05) is 24.6 Å². The number of aliphatic hydroxyl groups excluding tert-OH is 2. The highest BCUT2D eigenvalue weighted by atomic mass is 16.3. The molecule has 0 saturated heterocycles. The number of nitrogens with zero attached hydrogens (tertiary/aromatic N) is 2. The van der Waals surface area contributed by atoms with E-state index >= 15 is 0 Å². The Hall–Kier alpha value is -3.99. The van der Waals surface area contributed by atoms with Gasteiger partial charge in [0.1, 0.15) is 22.8 Å². The van der Waals surface area contributed by atoms with Crippen molar-refractivity contribution in [2.45, 2.75) is 57.2 Å². The lowest BCUT2D eigenvalue weighted by Crippen LogP contribution is -2.65. The molecule has 10 heteroatoms. The molecular formula is C35H41N3O7. The monoisotopic (exact) mass is 615 g/mol. The van der Waals surface area contributed by atoms with Crippen molar-refractivity contribution in [3.8, 4) is 16.9 Å². The summed E-state index contributed by atoms with van der Waals surface area (Å²) in [7, 11) is 3.17. The van der Waals surface area contributed by atoms with E-state index in [9.17, 15) is 34.8 Å². The van der Waals surface area contributed by atoms with Crippen LogP contribution in [0.5, 0.6) is 5.75 Å². The first-order chi connectivity index (χ1) is 21.4. The van der Waals surface area contributed by atoms with E-state index in [0.717, 1.165) is 48.7 Å². The minimum Gasteiger partial charge on any atom is -0.508 e. The second-order valence-electron chi connectivity index (χ2n) is 13.3. The number of carbonyl (C=O) groups is 3. The average Bonchev–Trinajstić information content (AvgIpc) is 3.79. The van der Waals surface area contributed by atoms with E-state index in [0.29, 0.717) is 5.56 Å². The summed E-state index contributed by atoms with van der Waals surface area (Å²) in [6.45, 7) is 5.10. The Morgan fingerprint density at radius 1 is 1.09 bits per heavy atom. The number of benzene rings is 2. The zero-order valence-corrected chi connectivity index (χ0v) is 25.9. The normalized spacial score (nSPS) is 26.3. The number of ketones is 2. The predicted molar refractivity (Wildman–Crippen MR) is 168 cm³/mol. The van der Waals surface area contributed by atoms with Gasteiger partial charge in [-0.15, -0.1) is 0 Å². The Morgan fingerprint density at radius 2 is 1.82 bits per heavy atom. The number of rotatable bonds is 9. The third-order valence-corrected chi connectivity index (χ3v) is 10.0. The largest absolute Gasteiger partial charge is 0.508 e. The van der Waals surface area contributed by atoms with Crippen molar-refractivity contribution in [2.24, 2.45) is 23.5 Å². The number of amides is 1. The summed E-state index contributed by atoms with van der Waals surface area (Å²) in [6.07, 6.45) is 3.93. The lowest BCUT2D eigenvalue weighted by atomic mass is 9.57. The molecule has 2 fully saturated rings. The van der Waals surface area contributed by atoms with Crippen LogP contribution in [0.4, 0.5) is 0 Å². The molecule has 2 saturated carbocycles. The highest BCUT2D eigenvalue weighted by Crippen LogP contribution is 2.53. The number of carbonyl (C=O) groups excluding carboxylic acids is 3. The Bertz CT molecular complexity index is 1660. The fourth-order valence-electron chi connectivity index (χ4n) is 7.83. The number of aliphatic hydroxyl groups is 3. The predicted octanol–water partition coefficient (Wildman–Crippen LogP) is 3.25. The molecule has 0 aromatic heterocycles. The molecule has 0 spiro atoms. The van der Waals surface area contributed by atoms with Gasteiger partial charge in [-0.05, 0) is 99.0 Å². The molecule has 6 N–H and O–H groups in total. The number of hydrogen-bond acceptors (Lipinski definition) is 9. The number of phenols is 1. The van der Waals surface area contributed by atoms with Gasteiger partial charge in [0.25, 0.3) is 5.91 Å². The smallest absolute Gasteiger partial charge is 0.255 e. The second-order valence-corrected chi connectivity index (χ2v) is 13.3. The van der Waals surface area contributed by atoms with Gasteiger partial charge in [-0.2, -0.15) is 0 Å². The van der Waals surface area contributed by atoms with Crippen LogP contribution in [-0.2, 0) is 27.3 Å². The molecule has 0 unspecified atom stereocenters. The number of hydrogen-bond donors (Lipinski definition) is 5. The number of primary amides is 1. The van der Waals surface area contributed by atoms with E-state index in [1.165, 1.54) is 23.8 Å². The van der Waals surface area contributed by atoms with Crippen LogP contribution >= 0.6 is 0 Å². The van der Waals surface area contributed by atoms with Crippen molar-refractivity contribution in [1.29, 1.82) is 0 Å². The zero-order chi connectivity index (χ0) is 32.4. The topological polar surface area (TPSA) is 165 Å². The number of fused-ring (bicyclic) bond motifs is 3. The van der Waals surface area contributed by atoms with E-state index in [2.05, 4.69) is 24.0 Å². The summed E-state index contributed by atoms with van der Waals surface area (Å²) in [5.41, 5.74) is 5.39. The Labute approximate surface area is 262 Å². The van der Waals surface area contributed by atoms with Crippen LogP contribution < -0.4 is 5.73 Å². The Balaban J connectivity index is 1.43. The van der Waals surface area contributed by atoms with Crippen LogP contribution in [0, 0.1) is 17.8 Å². The maximum Gasteiger partial charge on any atom is 0.255 e. The van der Waals surface area contributed by atoms with Crippen molar-refractivity contribution < 1.29 is 34.8 Å². The summed E-state index contributed by atoms with van der Waals surface area (Å²) in [6, 6.07) is 10.4. The van der Waals surface area contributed by atoms with Gasteiger partial charge in [0.2, 0.25) is 5.78 Å². The van der Waals surface area contributed by atoms with E-state index in [4.69, 9.17) is 5.73 Å². The standard InChI is InChI=1S/C35H41N3O7/c1-4-12-38(16-18-8-9-18)17-19-6-5-7-20(13-19)22-10-11-25(39)27-23(22)14-21-15-24-29(37(2)3)31(41)28(34(36)44)33(43)35(24,45)32(42)26(21)30(27)40/h5-7,10-11,13,18,21,24,29,39-40,43,45H,4,8-9,12,14-17H2,1-3H3,(H2,36,44)/t21-,24-,29-,35-/m0/s1. The van der Waals surface area contributed by atoms with Crippen molar-refractivity contribution in [3.63, 3.8) is 0 Å². The lowest BCUT2D eigenvalue weighted by Gasteiger charge is -2.50. The van der Waals surface area contributed by atoms with Gasteiger partial charge in [-0.1, -0.05) is 31.2 Å². The fraction of sp³-hybridized carbons (Fsp3) is 0.457. The molecule has 1 amide bonds. The number of nitrogens with two attached hydrogens (primary N) is 1. The second kappa shape index (κ2) is 11.4. The molecule has 4 aliphatic carbocycles. The third kappa shape index (κ3) is 5.05. The minimum atomic E-state index is -2.66. The molecule has 4 aliphatic rings. The van der Waals surface area contributed by atoms with Crippen LogP contribution in [0.3, 0.4) is 0 Å². The Morgan fingerprint density at radius 3 is 2.47 bits per heavy atom. The third-order valence-electron chi connectivity index (χ3n) is 10.0. The van der Waals surface area contributed by atoms with Gasteiger partial charge < -0.3 is 26.2 Å². The molecule has 6 rings (SSSR count). The van der Waals surface area contributed by atoms with Gasteiger partial charge >= 0.3 is 0 Å². The van der Waals surface area contributed by atoms with Crippen molar-refractivity contribution in [3.05, 3.63) is 70.0 Å². The summed E-state index contributed by atoms with van der Waals surface area (Å²) < 4.78 is 0. The van der Waals surface area contributed by atoms with Gasteiger partial charge in [-0.25, -0.2) is 0 Å². The van der Waals surface area contributed by atoms with Crippen molar-refractivity contribution in [1.82, 2.24) is 9.80 Å². The molecule has 238 valence electrons. The number of likely N-dealkylation sites (N-methyl/N-ethyl adjacent to an activating group) is 1. The molecule has 10 nitrogen and oxygen atoms in total. The van der Waals surface area contributed by atoms with Crippen LogP contribution in [0.25, 0.3) is 16.9 Å². The van der Waals surface area contributed by atoms with Gasteiger partial charge in [0.15, 0.2) is 11.4 Å². The molecule has 0 heterocycles. The number of phenolic OH excluding ortho intramolecular Hbond substituents is 1. The number of aromatic hydroxyl groups is 1. The van der Waals surface area contributed by atoms with Crippen LogP contribution in [0.2, 0.25) is 0 Å². The average molecular weight is 616 g/mol. The van der Waals surface area contributed by atoms with E-state index in [1.807, 2.05) is 12.1 Å². The van der Waals surface area contributed by atoms with Crippen LogP contribution in [0.15, 0.2) is 53.3 Å². The summed E-state index contributed by atoms with van der Waals surface area (Å²) in [5.74, 6) is -5.81. The van der Waals surface area contributed by atoms with Crippen LogP contribution in [0.1, 0.15) is 49.3 Å². The molecule has 45 heavy (non-hydrogen) atoms. The minimum absolute atomic E-state index is 0.0496. The number of Topliss-reactive ketones (excluding diaryl/α,β-unsaturated/α-hetero) is 2. The first kappa shape index (κ1) is 31.0.